The largest absolute Gasteiger partial charge is 0.493 e. The Morgan fingerprint density at radius 3 is 2.54 bits per heavy atom. The molecule has 0 aliphatic rings. The first-order chi connectivity index (χ1) is 12.6. The smallest absolute Gasteiger partial charge is 0.188 e. The van der Waals surface area contributed by atoms with Crippen LogP contribution in [0, 0.1) is 0 Å². The van der Waals surface area contributed by atoms with Crippen molar-refractivity contribution < 1.29 is 14.2 Å². The Bertz CT molecular complexity index is 748. The zero-order valence-corrected chi connectivity index (χ0v) is 17.2. The molecule has 2 unspecified atom stereocenters. The minimum absolute atomic E-state index is 0.0880. The number of benzene rings is 2. The van der Waals surface area contributed by atoms with Crippen LogP contribution in [0.15, 0.2) is 47.5 Å². The summed E-state index contributed by atoms with van der Waals surface area (Å²) in [6.45, 7) is 4.68. The molecular formula is C21H28NO3P. The van der Waals surface area contributed by atoms with Crippen molar-refractivity contribution in [3.8, 4) is 11.5 Å². The third kappa shape index (κ3) is 4.63. The molecule has 0 aromatic heterocycles. The molecule has 0 amide bonds. The lowest BCUT2D eigenvalue weighted by molar-refractivity contribution is 0.0480. The van der Waals surface area contributed by atoms with Crippen LogP contribution in [-0.4, -0.2) is 34.3 Å². The second-order valence-corrected chi connectivity index (χ2v) is 8.07. The van der Waals surface area contributed by atoms with Gasteiger partial charge in [-0.1, -0.05) is 58.8 Å². The normalized spacial score (nSPS) is 14.0. The number of rotatable bonds is 9. The molecule has 2 atom stereocenters. The van der Waals surface area contributed by atoms with E-state index < -0.39 is 0 Å². The summed E-state index contributed by atoms with van der Waals surface area (Å²) >= 11 is 0. The van der Waals surface area contributed by atoms with Gasteiger partial charge in [0, 0.05) is 31.1 Å². The summed E-state index contributed by atoms with van der Waals surface area (Å²) in [5, 5.41) is 1.21. The van der Waals surface area contributed by atoms with E-state index in [0.29, 0.717) is 8.58 Å². The van der Waals surface area contributed by atoms with E-state index in [0.717, 1.165) is 29.0 Å². The topological polar surface area (TPSA) is 40.0 Å². The second kappa shape index (κ2) is 9.70. The van der Waals surface area contributed by atoms with Gasteiger partial charge in [0.1, 0.15) is 0 Å². The molecule has 0 fully saturated rings. The molecule has 140 valence electrons. The number of nitrogens with zero attached hydrogens (tertiary/aromatic N) is 1. The molecule has 5 heteroatoms. The number of aliphatic imine (C=N–C) groups is 1. The van der Waals surface area contributed by atoms with E-state index in [4.69, 9.17) is 14.2 Å². The van der Waals surface area contributed by atoms with Crippen molar-refractivity contribution in [3.63, 3.8) is 0 Å². The zero-order valence-electron chi connectivity index (χ0n) is 16.2. The highest BCUT2D eigenvalue weighted by Crippen LogP contribution is 2.49. The lowest BCUT2D eigenvalue weighted by Crippen LogP contribution is -2.21. The van der Waals surface area contributed by atoms with E-state index in [1.54, 1.807) is 21.3 Å². The van der Waals surface area contributed by atoms with Gasteiger partial charge in [0.05, 0.1) is 7.11 Å². The van der Waals surface area contributed by atoms with Gasteiger partial charge in [-0.3, -0.25) is 4.99 Å². The first-order valence-electron chi connectivity index (χ1n) is 8.68. The average Bonchev–Trinajstić information content (AvgIpc) is 2.67. The Kier molecular flexibility index (Phi) is 7.62. The molecule has 0 N–H and O–H groups in total. The maximum atomic E-state index is 5.90. The van der Waals surface area contributed by atoms with Crippen LogP contribution in [0.25, 0.3) is 0 Å². The predicted octanol–water partition coefficient (Wildman–Crippen LogP) is 4.36. The van der Waals surface area contributed by atoms with E-state index in [2.05, 4.69) is 43.1 Å². The fraction of sp³-hybridized carbons (Fsp3) is 0.381. The van der Waals surface area contributed by atoms with E-state index in [-0.39, 0.29) is 11.9 Å². The Balaban J connectivity index is 2.49. The summed E-state index contributed by atoms with van der Waals surface area (Å²) in [4.78, 5) is 4.20. The van der Waals surface area contributed by atoms with Crippen molar-refractivity contribution in [3.05, 3.63) is 53.6 Å². The molecule has 0 saturated carbocycles. The minimum Gasteiger partial charge on any atom is -0.493 e. The van der Waals surface area contributed by atoms with E-state index in [1.165, 1.54) is 5.30 Å². The minimum atomic E-state index is -0.0880. The van der Waals surface area contributed by atoms with Gasteiger partial charge in [-0.15, -0.1) is 0 Å². The second-order valence-electron chi connectivity index (χ2n) is 6.17. The quantitative estimate of drug-likeness (QED) is 0.373. The van der Waals surface area contributed by atoms with Crippen LogP contribution < -0.4 is 14.8 Å². The highest BCUT2D eigenvalue weighted by molar-refractivity contribution is 7.48. The third-order valence-corrected chi connectivity index (χ3v) is 6.36. The fourth-order valence-corrected chi connectivity index (χ4v) is 4.46. The molecule has 0 aliphatic carbocycles. The van der Waals surface area contributed by atoms with Gasteiger partial charge >= 0.3 is 0 Å². The molecule has 0 aliphatic heterocycles. The predicted molar refractivity (Wildman–Crippen MR) is 111 cm³/mol. The summed E-state index contributed by atoms with van der Waals surface area (Å²) in [5.41, 5.74) is 2.30. The first kappa shape index (κ1) is 20.4. The van der Waals surface area contributed by atoms with Crippen LogP contribution in [-0.2, 0) is 9.89 Å². The Hall–Kier alpha value is -1.90. The van der Waals surface area contributed by atoms with Crippen LogP contribution in [0.4, 0.5) is 0 Å². The van der Waals surface area contributed by atoms with Crippen molar-refractivity contribution in [2.45, 2.75) is 25.4 Å². The lowest BCUT2D eigenvalue weighted by Gasteiger charge is -2.32. The number of methoxy groups -OCH3 is 2. The van der Waals surface area contributed by atoms with E-state index in [9.17, 15) is 0 Å². The molecule has 2 rings (SSSR count). The lowest BCUT2D eigenvalue weighted by atomic mass is 9.96. The summed E-state index contributed by atoms with van der Waals surface area (Å²) in [7, 11) is 5.65. The number of hydrogen-bond donors (Lipinski definition) is 0. The van der Waals surface area contributed by atoms with Gasteiger partial charge in [0.15, 0.2) is 18.3 Å². The SMILES string of the molecule is CCC(C)(Pc1ccccc1/C=N/C)c1cccc(OC)c1OCOC. The summed E-state index contributed by atoms with van der Waals surface area (Å²) < 4.78 is 16.6. The monoisotopic (exact) mass is 373 g/mol. The van der Waals surface area contributed by atoms with Gasteiger partial charge < -0.3 is 14.2 Å². The molecule has 0 bridgehead atoms. The molecule has 26 heavy (non-hydrogen) atoms. The van der Waals surface area contributed by atoms with Gasteiger partial charge in [-0.05, 0) is 23.4 Å². The molecule has 2 aromatic rings. The van der Waals surface area contributed by atoms with E-state index >= 15 is 0 Å². The first-order valence-corrected chi connectivity index (χ1v) is 9.68. The van der Waals surface area contributed by atoms with Crippen LogP contribution in [0.1, 0.15) is 31.4 Å². The molecule has 0 spiro atoms. The highest BCUT2D eigenvalue weighted by atomic mass is 31.1. The van der Waals surface area contributed by atoms with Crippen LogP contribution >= 0.6 is 8.58 Å². The van der Waals surface area contributed by atoms with Gasteiger partial charge in [0.2, 0.25) is 0 Å². The molecule has 4 nitrogen and oxygen atoms in total. The number of hydrogen-bond acceptors (Lipinski definition) is 4. The Morgan fingerprint density at radius 2 is 1.88 bits per heavy atom. The van der Waals surface area contributed by atoms with Crippen molar-refractivity contribution in [1.29, 1.82) is 0 Å². The molecular weight excluding hydrogens is 345 g/mol. The number of para-hydroxylation sites is 1. The Labute approximate surface area is 158 Å². The maximum absolute atomic E-state index is 5.90. The molecule has 2 aromatic carbocycles. The van der Waals surface area contributed by atoms with Gasteiger partial charge in [-0.2, -0.15) is 0 Å². The maximum Gasteiger partial charge on any atom is 0.188 e. The Morgan fingerprint density at radius 1 is 1.12 bits per heavy atom. The summed E-state index contributed by atoms with van der Waals surface area (Å²) in [6, 6.07) is 14.5. The van der Waals surface area contributed by atoms with Crippen LogP contribution in [0.3, 0.4) is 0 Å². The third-order valence-electron chi connectivity index (χ3n) is 4.46. The van der Waals surface area contributed by atoms with Crippen LogP contribution in [0.2, 0.25) is 0 Å². The van der Waals surface area contributed by atoms with E-state index in [1.807, 2.05) is 24.4 Å². The van der Waals surface area contributed by atoms with Gasteiger partial charge in [-0.25, -0.2) is 0 Å². The number of ether oxygens (including phenoxy) is 3. The standard InChI is InChI=1S/C21H28NO3P/c1-6-21(2,26-19-13-8-7-10-16(19)14-22-3)17-11-9-12-18(24-5)20(17)25-15-23-4/h7-14,26H,6,15H2,1-5H3/b22-14+. The summed E-state index contributed by atoms with van der Waals surface area (Å²) in [5.74, 6) is 1.49. The van der Waals surface area contributed by atoms with Crippen molar-refractivity contribution >= 4 is 20.1 Å². The van der Waals surface area contributed by atoms with Crippen molar-refractivity contribution in [2.75, 3.05) is 28.1 Å². The highest BCUT2D eigenvalue weighted by Gasteiger charge is 2.30. The van der Waals surface area contributed by atoms with Crippen molar-refractivity contribution in [2.24, 2.45) is 4.99 Å². The fourth-order valence-electron chi connectivity index (χ4n) is 2.88. The average molecular weight is 373 g/mol. The molecule has 0 saturated heterocycles. The van der Waals surface area contributed by atoms with Crippen molar-refractivity contribution in [1.82, 2.24) is 0 Å². The summed E-state index contributed by atoms with van der Waals surface area (Å²) in [6.07, 6.45) is 2.89. The van der Waals surface area contributed by atoms with Crippen LogP contribution in [0.5, 0.6) is 11.5 Å². The van der Waals surface area contributed by atoms with Gasteiger partial charge in [0.25, 0.3) is 0 Å². The molecule has 0 radical (unpaired) electrons. The zero-order chi connectivity index (χ0) is 19.0. The molecule has 0 heterocycles.